The van der Waals surface area contributed by atoms with Crippen molar-refractivity contribution in [3.8, 4) is 0 Å². The predicted molar refractivity (Wildman–Crippen MR) is 85.5 cm³/mol. The summed E-state index contributed by atoms with van der Waals surface area (Å²) < 4.78 is 62.1. The van der Waals surface area contributed by atoms with E-state index in [1.54, 1.807) is 0 Å². The van der Waals surface area contributed by atoms with Crippen LogP contribution in [0.15, 0.2) is 70.6 Å². The number of benzene rings is 2. The van der Waals surface area contributed by atoms with Crippen LogP contribution in [0.1, 0.15) is 13.8 Å². The first-order chi connectivity index (χ1) is 11.4. The first-order valence-corrected chi connectivity index (χ1v) is 6.85. The molecule has 2 aromatic carbocycles. The van der Waals surface area contributed by atoms with Crippen LogP contribution in [0, 0.1) is 0 Å². The van der Waals surface area contributed by atoms with Crippen LogP contribution in [0.4, 0.5) is 37.7 Å². The molecule has 0 radical (unpaired) electrons. The molecule has 0 heterocycles. The molecule has 2 rings (SSSR count). The normalized spacial score (nSPS) is 10.2. The van der Waals surface area contributed by atoms with Crippen LogP contribution in [0.2, 0.25) is 0 Å². The van der Waals surface area contributed by atoms with Gasteiger partial charge in [0, 0.05) is 13.8 Å². The van der Waals surface area contributed by atoms with E-state index in [2.05, 4.69) is 16.0 Å². The summed E-state index contributed by atoms with van der Waals surface area (Å²) in [5.74, 6) is 0. The van der Waals surface area contributed by atoms with E-state index in [1.807, 2.05) is 60.7 Å². The van der Waals surface area contributed by atoms with Crippen molar-refractivity contribution in [1.82, 2.24) is 0 Å². The van der Waals surface area contributed by atoms with Gasteiger partial charge < -0.3 is 0 Å². The van der Waals surface area contributed by atoms with Gasteiger partial charge in [-0.05, 0) is 24.3 Å². The predicted octanol–water partition coefficient (Wildman–Crippen LogP) is 6.96. The summed E-state index contributed by atoms with van der Waals surface area (Å²) in [6, 6.07) is 21.9. The fourth-order valence-corrected chi connectivity index (χ4v) is 1.15. The van der Waals surface area contributed by atoms with E-state index in [9.17, 15) is 26.3 Å². The van der Waals surface area contributed by atoms with Crippen LogP contribution in [0.3, 0.4) is 0 Å². The summed E-state index contributed by atoms with van der Waals surface area (Å²) in [5, 5.41) is 0. The number of para-hydroxylation sites is 2. The Hall–Kier alpha value is -2.60. The number of hydrogen-bond acceptors (Lipinski definition) is 2. The molecule has 8 heteroatoms. The van der Waals surface area contributed by atoms with Gasteiger partial charge in [-0.25, -0.2) is 0 Å². The second-order valence-corrected chi connectivity index (χ2v) is 4.56. The lowest BCUT2D eigenvalue weighted by molar-refractivity contribution is -0.111. The van der Waals surface area contributed by atoms with E-state index >= 15 is 0 Å². The zero-order valence-corrected chi connectivity index (χ0v) is 13.4. The molecule has 0 aliphatic carbocycles. The molecular formula is C17H16F6N2. The first-order valence-electron chi connectivity index (χ1n) is 6.85. The summed E-state index contributed by atoms with van der Waals surface area (Å²) in [5.41, 5.74) is 1.72. The SMILES string of the molecule is C(=Nc1ccccc1)=Nc1ccccc1.CC(F)(F)F.CC(F)(F)F. The zero-order chi connectivity index (χ0) is 19.3. The molecule has 136 valence electrons. The van der Waals surface area contributed by atoms with Crippen molar-refractivity contribution in [2.75, 3.05) is 0 Å². The van der Waals surface area contributed by atoms with Crippen LogP contribution in [-0.4, -0.2) is 18.4 Å². The lowest BCUT2D eigenvalue weighted by Crippen LogP contribution is -1.95. The molecule has 2 nitrogen and oxygen atoms in total. The molecule has 0 saturated carbocycles. The van der Waals surface area contributed by atoms with Crippen molar-refractivity contribution in [2.24, 2.45) is 9.98 Å². The second-order valence-electron chi connectivity index (χ2n) is 4.56. The highest BCUT2D eigenvalue weighted by atomic mass is 19.4. The Morgan fingerprint density at radius 2 is 0.840 bits per heavy atom. The summed E-state index contributed by atoms with van der Waals surface area (Å²) in [6.45, 7) is 0.375. The maximum absolute atomic E-state index is 10.4. The van der Waals surface area contributed by atoms with Gasteiger partial charge in [-0.2, -0.15) is 36.3 Å². The third-order valence-electron chi connectivity index (χ3n) is 1.87. The van der Waals surface area contributed by atoms with E-state index < -0.39 is 12.4 Å². The Balaban J connectivity index is 0.000000480. The first kappa shape index (κ1) is 22.4. The summed E-state index contributed by atoms with van der Waals surface area (Å²) in [4.78, 5) is 8.17. The van der Waals surface area contributed by atoms with Gasteiger partial charge in [0.15, 0.2) is 0 Å². The smallest absolute Gasteiger partial charge is 0.188 e. The lowest BCUT2D eigenvalue weighted by Gasteiger charge is -1.88. The average molecular weight is 362 g/mol. The van der Waals surface area contributed by atoms with Gasteiger partial charge >= 0.3 is 12.4 Å². The Bertz CT molecular complexity index is 575. The van der Waals surface area contributed by atoms with Crippen molar-refractivity contribution in [2.45, 2.75) is 26.2 Å². The number of nitrogens with zero attached hydrogens (tertiary/aromatic N) is 2. The van der Waals surface area contributed by atoms with Gasteiger partial charge in [0.1, 0.15) is 6.01 Å². The highest BCUT2D eigenvalue weighted by Gasteiger charge is 2.16. The molecule has 0 unspecified atom stereocenters. The van der Waals surface area contributed by atoms with E-state index in [0.717, 1.165) is 11.4 Å². The minimum Gasteiger partial charge on any atom is -0.188 e. The highest BCUT2D eigenvalue weighted by molar-refractivity contribution is 5.57. The van der Waals surface area contributed by atoms with E-state index in [4.69, 9.17) is 0 Å². The molecule has 0 N–H and O–H groups in total. The van der Waals surface area contributed by atoms with E-state index in [0.29, 0.717) is 0 Å². The third kappa shape index (κ3) is 21.4. The number of halogens is 6. The minimum absolute atomic E-state index is 0.188. The maximum atomic E-state index is 10.4. The van der Waals surface area contributed by atoms with Gasteiger partial charge in [-0.1, -0.05) is 36.4 Å². The quantitative estimate of drug-likeness (QED) is 0.407. The molecule has 0 saturated heterocycles. The number of alkyl halides is 6. The molecule has 0 aromatic heterocycles. The highest BCUT2D eigenvalue weighted by Crippen LogP contribution is 2.11. The molecule has 0 aliphatic heterocycles. The number of rotatable bonds is 2. The average Bonchev–Trinajstić information content (AvgIpc) is 2.46. The summed E-state index contributed by atoms with van der Waals surface area (Å²) >= 11 is 0. The molecule has 0 amide bonds. The molecule has 0 atom stereocenters. The van der Waals surface area contributed by atoms with E-state index in [1.165, 1.54) is 0 Å². The van der Waals surface area contributed by atoms with Crippen LogP contribution in [-0.2, 0) is 0 Å². The molecular weight excluding hydrogens is 346 g/mol. The molecule has 0 bridgehead atoms. The summed E-state index contributed by atoms with van der Waals surface area (Å²) in [7, 11) is 0. The van der Waals surface area contributed by atoms with Crippen LogP contribution in [0.25, 0.3) is 0 Å². The minimum atomic E-state index is -4.00. The molecule has 2 aromatic rings. The van der Waals surface area contributed by atoms with Gasteiger partial charge in [0.2, 0.25) is 0 Å². The van der Waals surface area contributed by atoms with Crippen molar-refractivity contribution in [3.05, 3.63) is 60.7 Å². The van der Waals surface area contributed by atoms with E-state index in [-0.39, 0.29) is 13.8 Å². The van der Waals surface area contributed by atoms with Crippen molar-refractivity contribution in [1.29, 1.82) is 0 Å². The van der Waals surface area contributed by atoms with Crippen LogP contribution in [0.5, 0.6) is 0 Å². The topological polar surface area (TPSA) is 24.7 Å². The maximum Gasteiger partial charge on any atom is 0.386 e. The summed E-state index contributed by atoms with van der Waals surface area (Å²) in [6.07, 6.45) is -8.00. The largest absolute Gasteiger partial charge is 0.386 e. The number of aliphatic imine (C=N–C) groups is 2. The molecule has 25 heavy (non-hydrogen) atoms. The van der Waals surface area contributed by atoms with Crippen LogP contribution >= 0.6 is 0 Å². The zero-order valence-electron chi connectivity index (χ0n) is 13.4. The Labute approximate surface area is 141 Å². The monoisotopic (exact) mass is 362 g/mol. The van der Waals surface area contributed by atoms with Crippen molar-refractivity contribution < 1.29 is 26.3 Å². The Morgan fingerprint density at radius 1 is 0.600 bits per heavy atom. The number of hydrogen-bond donors (Lipinski definition) is 0. The van der Waals surface area contributed by atoms with Gasteiger partial charge in [0.05, 0.1) is 11.4 Å². The molecule has 0 fully saturated rings. The second kappa shape index (κ2) is 11.0. The van der Waals surface area contributed by atoms with Gasteiger partial charge in [0.25, 0.3) is 0 Å². The standard InChI is InChI=1S/C13H10N2.2C2H3F3/c1-3-7-12(8-4-1)14-11-15-13-9-5-2-6-10-13;2*1-2(3,4)5/h1-10H;2*1H3. The van der Waals surface area contributed by atoms with Gasteiger partial charge in [-0.3, -0.25) is 0 Å². The molecule has 0 spiro atoms. The van der Waals surface area contributed by atoms with Crippen LogP contribution < -0.4 is 0 Å². The Morgan fingerprint density at radius 3 is 1.08 bits per heavy atom. The van der Waals surface area contributed by atoms with Gasteiger partial charge in [-0.15, -0.1) is 0 Å². The van der Waals surface area contributed by atoms with Crippen molar-refractivity contribution in [3.63, 3.8) is 0 Å². The third-order valence-corrected chi connectivity index (χ3v) is 1.87. The molecule has 0 aliphatic rings. The van der Waals surface area contributed by atoms with Crippen molar-refractivity contribution >= 4 is 17.4 Å². The lowest BCUT2D eigenvalue weighted by atomic mass is 10.3. The Kier molecular flexibility index (Phi) is 9.89. The fourth-order valence-electron chi connectivity index (χ4n) is 1.15. The fraction of sp³-hybridized carbons (Fsp3) is 0.235.